The summed E-state index contributed by atoms with van der Waals surface area (Å²) in [6, 6.07) is 0.480. The molecule has 1 aromatic heterocycles. The van der Waals surface area contributed by atoms with E-state index in [0.717, 1.165) is 18.0 Å². The first-order chi connectivity index (χ1) is 9.63. The Labute approximate surface area is 122 Å². The molecule has 1 aliphatic heterocycles. The van der Waals surface area contributed by atoms with Crippen LogP contribution in [-0.2, 0) is 0 Å². The number of hydrogen-bond acceptors (Lipinski definition) is 6. The molecule has 0 radical (unpaired) electrons. The third-order valence-electron chi connectivity index (χ3n) is 4.03. The topological polar surface area (TPSA) is 91.5 Å². The zero-order valence-electron chi connectivity index (χ0n) is 11.3. The van der Waals surface area contributed by atoms with E-state index in [1.165, 1.54) is 17.8 Å². The van der Waals surface area contributed by atoms with E-state index < -0.39 is 0 Å². The average molecular weight is 296 g/mol. The molecular formula is C13H20N4O2S. The molecule has 1 aliphatic carbocycles. The highest BCUT2D eigenvalue weighted by molar-refractivity contribution is 7.18. The summed E-state index contributed by atoms with van der Waals surface area (Å²) in [6.07, 6.45) is 4.56. The van der Waals surface area contributed by atoms with Crippen LogP contribution in [0.25, 0.3) is 0 Å². The Morgan fingerprint density at radius 3 is 2.65 bits per heavy atom. The minimum atomic E-state index is -0.284. The molecule has 2 fully saturated rings. The maximum Gasteiger partial charge on any atom is 0.267 e. The molecule has 1 saturated carbocycles. The normalized spacial score (nSPS) is 20.8. The summed E-state index contributed by atoms with van der Waals surface area (Å²) in [5.41, 5.74) is 5.87. The van der Waals surface area contributed by atoms with Crippen molar-refractivity contribution in [1.82, 2.24) is 9.88 Å². The maximum atomic E-state index is 12.4. The Morgan fingerprint density at radius 1 is 1.35 bits per heavy atom. The summed E-state index contributed by atoms with van der Waals surface area (Å²) in [6.45, 7) is 1.17. The second kappa shape index (κ2) is 5.57. The van der Waals surface area contributed by atoms with Crippen molar-refractivity contribution < 1.29 is 9.90 Å². The number of anilines is 2. The summed E-state index contributed by atoms with van der Waals surface area (Å²) in [7, 11) is 0. The number of hydrogen-bond donors (Lipinski definition) is 3. The minimum absolute atomic E-state index is 0.0615. The number of nitrogen functional groups attached to an aromatic ring is 1. The molecule has 0 aromatic carbocycles. The number of carbonyl (C=O) groups excluding carboxylic acids is 1. The summed E-state index contributed by atoms with van der Waals surface area (Å²) < 4.78 is 0. The number of rotatable bonds is 3. The number of aliphatic hydroxyl groups is 1. The zero-order valence-corrected chi connectivity index (χ0v) is 12.2. The van der Waals surface area contributed by atoms with Gasteiger partial charge in [0, 0.05) is 19.1 Å². The van der Waals surface area contributed by atoms with Gasteiger partial charge in [0.05, 0.1) is 6.10 Å². The van der Waals surface area contributed by atoms with E-state index in [9.17, 15) is 9.90 Å². The molecule has 1 aromatic rings. The molecule has 7 heteroatoms. The molecular weight excluding hydrogens is 276 g/mol. The largest absolute Gasteiger partial charge is 0.393 e. The number of thiazole rings is 1. The van der Waals surface area contributed by atoms with E-state index in [1.54, 1.807) is 4.90 Å². The van der Waals surface area contributed by atoms with Crippen molar-refractivity contribution >= 4 is 28.2 Å². The maximum absolute atomic E-state index is 12.4. The molecule has 0 spiro atoms. The summed E-state index contributed by atoms with van der Waals surface area (Å²) in [5.74, 6) is 0.251. The van der Waals surface area contributed by atoms with Gasteiger partial charge in [0.2, 0.25) is 0 Å². The number of piperidine rings is 1. The summed E-state index contributed by atoms with van der Waals surface area (Å²) in [5, 5.41) is 13.6. The molecule has 4 N–H and O–H groups in total. The first-order valence-electron chi connectivity index (χ1n) is 7.13. The van der Waals surface area contributed by atoms with Crippen LogP contribution in [0.4, 0.5) is 10.9 Å². The molecule has 0 unspecified atom stereocenters. The van der Waals surface area contributed by atoms with Crippen LogP contribution in [0, 0.1) is 0 Å². The molecule has 2 heterocycles. The third-order valence-corrected chi connectivity index (χ3v) is 5.02. The molecule has 1 saturated heterocycles. The second-order valence-corrected chi connectivity index (χ2v) is 6.53. The second-order valence-electron chi connectivity index (χ2n) is 5.53. The highest BCUT2D eigenvalue weighted by Gasteiger charge is 2.27. The quantitative estimate of drug-likeness (QED) is 0.781. The van der Waals surface area contributed by atoms with Gasteiger partial charge in [-0.2, -0.15) is 0 Å². The van der Waals surface area contributed by atoms with E-state index >= 15 is 0 Å². The van der Waals surface area contributed by atoms with Gasteiger partial charge in [-0.1, -0.05) is 11.3 Å². The Bertz CT molecular complexity index is 493. The molecule has 20 heavy (non-hydrogen) atoms. The van der Waals surface area contributed by atoms with Gasteiger partial charge < -0.3 is 21.1 Å². The Balaban J connectivity index is 1.67. The Kier molecular flexibility index (Phi) is 3.80. The van der Waals surface area contributed by atoms with Crippen molar-refractivity contribution in [1.29, 1.82) is 0 Å². The number of amides is 1. The van der Waals surface area contributed by atoms with E-state index in [1.807, 2.05) is 0 Å². The van der Waals surface area contributed by atoms with Crippen LogP contribution in [0.1, 0.15) is 41.8 Å². The molecule has 0 atom stereocenters. The molecule has 1 amide bonds. The summed E-state index contributed by atoms with van der Waals surface area (Å²) in [4.78, 5) is 18.9. The lowest BCUT2D eigenvalue weighted by molar-refractivity contribution is 0.0551. The van der Waals surface area contributed by atoms with Gasteiger partial charge in [-0.25, -0.2) is 4.98 Å². The fraction of sp³-hybridized carbons (Fsp3) is 0.692. The van der Waals surface area contributed by atoms with Crippen LogP contribution in [0.2, 0.25) is 0 Å². The number of nitrogens with two attached hydrogens (primary N) is 1. The van der Waals surface area contributed by atoms with Crippen molar-refractivity contribution in [3.8, 4) is 0 Å². The van der Waals surface area contributed by atoms with Gasteiger partial charge in [-0.3, -0.25) is 4.79 Å². The van der Waals surface area contributed by atoms with Gasteiger partial charge in [-0.15, -0.1) is 0 Å². The van der Waals surface area contributed by atoms with Crippen LogP contribution >= 0.6 is 11.3 Å². The number of aromatic nitrogens is 1. The third kappa shape index (κ3) is 2.73. The van der Waals surface area contributed by atoms with Crippen molar-refractivity contribution in [2.75, 3.05) is 24.1 Å². The lowest BCUT2D eigenvalue weighted by Crippen LogP contribution is -2.40. The Hall–Kier alpha value is -1.34. The van der Waals surface area contributed by atoms with E-state index in [-0.39, 0.29) is 12.0 Å². The van der Waals surface area contributed by atoms with E-state index in [4.69, 9.17) is 5.73 Å². The van der Waals surface area contributed by atoms with Crippen molar-refractivity contribution in [3.63, 3.8) is 0 Å². The molecule has 3 rings (SSSR count). The molecule has 110 valence electrons. The highest BCUT2D eigenvalue weighted by atomic mass is 32.1. The van der Waals surface area contributed by atoms with E-state index in [0.29, 0.717) is 42.7 Å². The lowest BCUT2D eigenvalue weighted by Gasteiger charge is -2.29. The van der Waals surface area contributed by atoms with Crippen LogP contribution in [0.15, 0.2) is 0 Å². The SMILES string of the molecule is Nc1nc(NC2CCC2)sc1C(=O)N1CCC(O)CC1. The van der Waals surface area contributed by atoms with Gasteiger partial charge in [-0.05, 0) is 32.1 Å². The molecule has 0 bridgehead atoms. The summed E-state index contributed by atoms with van der Waals surface area (Å²) >= 11 is 1.34. The molecule has 2 aliphatic rings. The first-order valence-corrected chi connectivity index (χ1v) is 7.95. The standard InChI is InChI=1S/C13H20N4O2S/c14-11-10(12(19)17-6-4-9(18)5-7-17)20-13(16-11)15-8-2-1-3-8/h8-9,18H,1-7,14H2,(H,15,16). The lowest BCUT2D eigenvalue weighted by atomic mass is 9.93. The van der Waals surface area contributed by atoms with Gasteiger partial charge in [0.1, 0.15) is 10.7 Å². The average Bonchev–Trinajstić information content (AvgIpc) is 2.75. The van der Waals surface area contributed by atoms with Crippen molar-refractivity contribution in [2.24, 2.45) is 0 Å². The van der Waals surface area contributed by atoms with Gasteiger partial charge >= 0.3 is 0 Å². The first kappa shape index (κ1) is 13.6. The minimum Gasteiger partial charge on any atom is -0.393 e. The van der Waals surface area contributed by atoms with Crippen LogP contribution in [-0.4, -0.2) is 46.1 Å². The van der Waals surface area contributed by atoms with Crippen LogP contribution in [0.3, 0.4) is 0 Å². The Morgan fingerprint density at radius 2 is 2.05 bits per heavy atom. The van der Waals surface area contributed by atoms with Crippen LogP contribution in [0.5, 0.6) is 0 Å². The van der Waals surface area contributed by atoms with Crippen LogP contribution < -0.4 is 11.1 Å². The number of carbonyl (C=O) groups is 1. The van der Waals surface area contributed by atoms with Gasteiger partial charge in [0.25, 0.3) is 5.91 Å². The van der Waals surface area contributed by atoms with Gasteiger partial charge in [0.15, 0.2) is 5.13 Å². The number of nitrogens with one attached hydrogen (secondary N) is 1. The smallest absolute Gasteiger partial charge is 0.267 e. The zero-order chi connectivity index (χ0) is 14.1. The monoisotopic (exact) mass is 296 g/mol. The predicted molar refractivity (Wildman–Crippen MR) is 78.9 cm³/mol. The number of likely N-dealkylation sites (tertiary alicyclic amines) is 1. The van der Waals surface area contributed by atoms with E-state index in [2.05, 4.69) is 10.3 Å². The number of nitrogens with zero attached hydrogens (tertiary/aromatic N) is 2. The predicted octanol–water partition coefficient (Wildman–Crippen LogP) is 1.29. The number of aliphatic hydroxyl groups excluding tert-OH is 1. The highest BCUT2D eigenvalue weighted by Crippen LogP contribution is 2.30. The molecule has 6 nitrogen and oxygen atoms in total. The van der Waals surface area contributed by atoms with Crippen molar-refractivity contribution in [2.45, 2.75) is 44.2 Å². The fourth-order valence-corrected chi connectivity index (χ4v) is 3.42. The van der Waals surface area contributed by atoms with Crippen molar-refractivity contribution in [3.05, 3.63) is 4.88 Å². The fourth-order valence-electron chi connectivity index (χ4n) is 2.49.